The van der Waals surface area contributed by atoms with Gasteiger partial charge in [0.25, 0.3) is 0 Å². The molecule has 2 heteroatoms. The van der Waals surface area contributed by atoms with Gasteiger partial charge in [0.15, 0.2) is 6.20 Å². The molecule has 0 aliphatic heterocycles. The van der Waals surface area contributed by atoms with Crippen LogP contribution in [-0.2, 0) is 0 Å². The molecule has 0 unspecified atom stereocenters. The van der Waals surface area contributed by atoms with E-state index in [2.05, 4.69) is 4.98 Å². The molecule has 2 nitrogen and oxygen atoms in total. The number of hydrogen-bond donors (Lipinski definition) is 0. The van der Waals surface area contributed by atoms with E-state index in [1.165, 1.54) is 0 Å². The van der Waals surface area contributed by atoms with Gasteiger partial charge in [-0.05, 0) is 13.0 Å². The third kappa shape index (κ3) is 1.19. The maximum Gasteiger partial charge on any atom is 0.368 e. The Kier molecular flexibility index (Phi) is 1.68. The van der Waals surface area contributed by atoms with Crippen LogP contribution in [-0.4, -0.2) is 7.11 Å². The van der Waals surface area contributed by atoms with Crippen molar-refractivity contribution in [3.8, 4) is 5.88 Å². The molecule has 1 rings (SSSR count). The summed E-state index contributed by atoms with van der Waals surface area (Å²) in [4.78, 5) is 2.96. The monoisotopic (exact) mass is 124 g/mol. The van der Waals surface area contributed by atoms with E-state index in [0.717, 1.165) is 11.4 Å². The molecule has 9 heavy (non-hydrogen) atoms. The number of aryl methyl sites for hydroxylation is 1. The molecule has 0 bridgehead atoms. The lowest BCUT2D eigenvalue weighted by atomic mass is 10.3. The van der Waals surface area contributed by atoms with Gasteiger partial charge < -0.3 is 4.74 Å². The van der Waals surface area contributed by atoms with Crippen LogP contribution in [0, 0.1) is 6.92 Å². The number of nitrogens with one attached hydrogen (secondary N) is 1. The summed E-state index contributed by atoms with van der Waals surface area (Å²) in [6.07, 6.45) is 1.84. The first-order valence-corrected chi connectivity index (χ1v) is 2.86. The lowest BCUT2D eigenvalue weighted by molar-refractivity contribution is -0.393. The number of H-pyrrole nitrogens is 1. The quantitative estimate of drug-likeness (QED) is 0.543. The van der Waals surface area contributed by atoms with E-state index < -0.39 is 0 Å². The number of aromatic nitrogens is 1. The molecule has 0 radical (unpaired) electrons. The van der Waals surface area contributed by atoms with Crippen LogP contribution in [0.2, 0.25) is 0 Å². The van der Waals surface area contributed by atoms with Gasteiger partial charge in [0, 0.05) is 6.07 Å². The fraction of sp³-hybridized carbons (Fsp3) is 0.286. The number of hydrogen-bond acceptors (Lipinski definition) is 1. The Labute approximate surface area is 54.5 Å². The number of pyridine rings is 1. The fourth-order valence-electron chi connectivity index (χ4n) is 0.726. The summed E-state index contributed by atoms with van der Waals surface area (Å²) in [5.74, 6) is 0.831. The van der Waals surface area contributed by atoms with Crippen molar-refractivity contribution < 1.29 is 9.72 Å². The summed E-state index contributed by atoms with van der Waals surface area (Å²) in [5.41, 5.74) is 1.12. The Morgan fingerprint density at radius 1 is 1.56 bits per heavy atom. The number of rotatable bonds is 1. The summed E-state index contributed by atoms with van der Waals surface area (Å²) in [6, 6.07) is 3.94. The molecule has 0 saturated carbocycles. The van der Waals surface area contributed by atoms with E-state index in [9.17, 15) is 0 Å². The van der Waals surface area contributed by atoms with Crippen molar-refractivity contribution in [2.24, 2.45) is 0 Å². The highest BCUT2D eigenvalue weighted by molar-refractivity contribution is 5.17. The molecule has 0 fully saturated rings. The van der Waals surface area contributed by atoms with Gasteiger partial charge >= 0.3 is 5.88 Å². The smallest absolute Gasteiger partial charge is 0.368 e. The first-order valence-electron chi connectivity index (χ1n) is 2.86. The molecular formula is C7H10NO+. The van der Waals surface area contributed by atoms with E-state index in [0.29, 0.717) is 0 Å². The van der Waals surface area contributed by atoms with Gasteiger partial charge in [-0.25, -0.2) is 0 Å². The SMILES string of the molecule is COc1[nH+]cccc1C. The first kappa shape index (κ1) is 6.08. The average Bonchev–Trinajstić information content (AvgIpc) is 1.89. The standard InChI is InChI=1S/C7H9NO/c1-6-4-3-5-8-7(6)9-2/h3-5H,1-2H3/p+1. The van der Waals surface area contributed by atoms with Crippen molar-refractivity contribution in [1.29, 1.82) is 0 Å². The van der Waals surface area contributed by atoms with Crippen molar-refractivity contribution >= 4 is 0 Å². The Morgan fingerprint density at radius 3 is 2.78 bits per heavy atom. The van der Waals surface area contributed by atoms with Crippen LogP contribution in [0.15, 0.2) is 18.3 Å². The van der Waals surface area contributed by atoms with E-state index in [1.807, 2.05) is 25.3 Å². The molecule has 0 aromatic carbocycles. The number of methoxy groups -OCH3 is 1. The zero-order valence-corrected chi connectivity index (χ0v) is 5.64. The fourth-order valence-corrected chi connectivity index (χ4v) is 0.726. The van der Waals surface area contributed by atoms with Crippen molar-refractivity contribution in [1.82, 2.24) is 0 Å². The molecule has 0 spiro atoms. The average molecular weight is 124 g/mol. The molecule has 0 aliphatic carbocycles. The second-order valence-corrected chi connectivity index (χ2v) is 1.89. The van der Waals surface area contributed by atoms with Crippen LogP contribution in [0.4, 0.5) is 0 Å². The van der Waals surface area contributed by atoms with E-state index in [4.69, 9.17) is 4.74 Å². The van der Waals surface area contributed by atoms with Crippen LogP contribution in [0.1, 0.15) is 5.56 Å². The third-order valence-corrected chi connectivity index (χ3v) is 1.22. The summed E-state index contributed by atoms with van der Waals surface area (Å²) >= 11 is 0. The molecule has 1 N–H and O–H groups in total. The Bertz CT molecular complexity index is 198. The van der Waals surface area contributed by atoms with Gasteiger partial charge in [0.05, 0.1) is 12.7 Å². The van der Waals surface area contributed by atoms with E-state index in [1.54, 1.807) is 7.11 Å². The highest BCUT2D eigenvalue weighted by atomic mass is 16.5. The molecule has 48 valence electrons. The predicted molar refractivity (Wildman–Crippen MR) is 34.3 cm³/mol. The minimum Gasteiger partial charge on any atom is -0.448 e. The van der Waals surface area contributed by atoms with Gasteiger partial charge in [0.2, 0.25) is 0 Å². The predicted octanol–water partition coefficient (Wildman–Crippen LogP) is 0.818. The molecule has 1 aromatic heterocycles. The lowest BCUT2D eigenvalue weighted by Crippen LogP contribution is -2.06. The Morgan fingerprint density at radius 2 is 2.33 bits per heavy atom. The molecule has 1 heterocycles. The van der Waals surface area contributed by atoms with Gasteiger partial charge in [-0.15, -0.1) is 0 Å². The number of ether oxygens (including phenoxy) is 1. The van der Waals surface area contributed by atoms with Crippen molar-refractivity contribution in [3.63, 3.8) is 0 Å². The van der Waals surface area contributed by atoms with Crippen molar-refractivity contribution in [3.05, 3.63) is 23.9 Å². The zero-order valence-electron chi connectivity index (χ0n) is 5.64. The highest BCUT2D eigenvalue weighted by Crippen LogP contribution is 2.05. The van der Waals surface area contributed by atoms with Crippen LogP contribution in [0.5, 0.6) is 5.88 Å². The Hall–Kier alpha value is -1.05. The van der Waals surface area contributed by atoms with Gasteiger partial charge in [-0.2, -0.15) is 4.98 Å². The second-order valence-electron chi connectivity index (χ2n) is 1.89. The van der Waals surface area contributed by atoms with Crippen molar-refractivity contribution in [2.75, 3.05) is 7.11 Å². The first-order chi connectivity index (χ1) is 4.34. The van der Waals surface area contributed by atoms with E-state index >= 15 is 0 Å². The molecule has 0 saturated heterocycles. The largest absolute Gasteiger partial charge is 0.448 e. The Balaban J connectivity index is 3.01. The summed E-state index contributed by atoms with van der Waals surface area (Å²) in [7, 11) is 1.65. The second kappa shape index (κ2) is 2.49. The summed E-state index contributed by atoms with van der Waals surface area (Å²) in [5, 5.41) is 0. The maximum absolute atomic E-state index is 4.99. The molecule has 0 atom stereocenters. The summed E-state index contributed by atoms with van der Waals surface area (Å²) in [6.45, 7) is 2.00. The topological polar surface area (TPSA) is 23.4 Å². The van der Waals surface area contributed by atoms with Crippen LogP contribution >= 0.6 is 0 Å². The van der Waals surface area contributed by atoms with Crippen LogP contribution < -0.4 is 9.72 Å². The third-order valence-electron chi connectivity index (χ3n) is 1.22. The lowest BCUT2D eigenvalue weighted by Gasteiger charge is -1.92. The van der Waals surface area contributed by atoms with Gasteiger partial charge in [0.1, 0.15) is 0 Å². The van der Waals surface area contributed by atoms with Crippen LogP contribution in [0.25, 0.3) is 0 Å². The molecule has 0 amide bonds. The van der Waals surface area contributed by atoms with Gasteiger partial charge in [-0.3, -0.25) is 0 Å². The van der Waals surface area contributed by atoms with Crippen molar-refractivity contribution in [2.45, 2.75) is 6.92 Å². The minimum atomic E-state index is 0.831. The molecule has 1 aromatic rings. The van der Waals surface area contributed by atoms with E-state index in [-0.39, 0.29) is 0 Å². The molecule has 0 aliphatic rings. The zero-order chi connectivity index (χ0) is 6.69. The normalized spacial score (nSPS) is 9.11. The number of aromatic amines is 1. The van der Waals surface area contributed by atoms with Crippen LogP contribution in [0.3, 0.4) is 0 Å². The summed E-state index contributed by atoms with van der Waals surface area (Å²) < 4.78 is 4.99. The molecular weight excluding hydrogens is 114 g/mol. The van der Waals surface area contributed by atoms with Gasteiger partial charge in [-0.1, -0.05) is 0 Å². The maximum atomic E-state index is 4.99. The highest BCUT2D eigenvalue weighted by Gasteiger charge is 2.00. The minimum absolute atomic E-state index is 0.831.